The minimum atomic E-state index is -3.20. The van der Waals surface area contributed by atoms with Crippen LogP contribution in [-0.4, -0.2) is 37.9 Å². The normalized spacial score (nSPS) is 21.8. The van der Waals surface area contributed by atoms with Gasteiger partial charge in [-0.25, -0.2) is 8.42 Å². The lowest BCUT2D eigenvalue weighted by Gasteiger charge is -2.19. The fraction of sp³-hybridized carbons (Fsp3) is 0.500. The molecule has 1 fully saturated rings. The van der Waals surface area contributed by atoms with E-state index in [9.17, 15) is 8.42 Å². The Kier molecular flexibility index (Phi) is 3.81. The van der Waals surface area contributed by atoms with Crippen LogP contribution in [0.15, 0.2) is 30.3 Å². The van der Waals surface area contributed by atoms with Crippen molar-refractivity contribution >= 4 is 10.0 Å². The van der Waals surface area contributed by atoms with Gasteiger partial charge in [0.05, 0.1) is 12.4 Å². The Labute approximate surface area is 102 Å². The van der Waals surface area contributed by atoms with E-state index in [0.717, 1.165) is 5.56 Å². The number of rotatable bonds is 4. The van der Waals surface area contributed by atoms with E-state index < -0.39 is 10.0 Å². The van der Waals surface area contributed by atoms with Crippen LogP contribution in [-0.2, 0) is 21.2 Å². The van der Waals surface area contributed by atoms with Gasteiger partial charge in [-0.15, -0.1) is 0 Å². The molecule has 0 amide bonds. The Hall–Kier alpha value is -0.910. The predicted molar refractivity (Wildman–Crippen MR) is 66.1 cm³/mol. The van der Waals surface area contributed by atoms with E-state index in [1.54, 1.807) is 6.92 Å². The average molecular weight is 255 g/mol. The molecule has 0 N–H and O–H groups in total. The smallest absolute Gasteiger partial charge is 0.216 e. The molecule has 0 aliphatic carbocycles. The van der Waals surface area contributed by atoms with E-state index in [0.29, 0.717) is 19.6 Å². The highest BCUT2D eigenvalue weighted by Crippen LogP contribution is 2.15. The minimum absolute atomic E-state index is 0.144. The zero-order chi connectivity index (χ0) is 12.3. The van der Waals surface area contributed by atoms with E-state index >= 15 is 0 Å². The number of sulfonamides is 1. The number of nitrogens with zero attached hydrogens (tertiary/aromatic N) is 1. The highest BCUT2D eigenvalue weighted by atomic mass is 32.2. The molecule has 1 aromatic carbocycles. The summed E-state index contributed by atoms with van der Waals surface area (Å²) >= 11 is 0. The van der Waals surface area contributed by atoms with Crippen LogP contribution in [0.2, 0.25) is 0 Å². The molecule has 0 saturated carbocycles. The van der Waals surface area contributed by atoms with Gasteiger partial charge in [-0.1, -0.05) is 30.3 Å². The molecular weight excluding hydrogens is 238 g/mol. The van der Waals surface area contributed by atoms with Gasteiger partial charge in [0.2, 0.25) is 10.0 Å². The summed E-state index contributed by atoms with van der Waals surface area (Å²) in [5, 5.41) is 0. The van der Waals surface area contributed by atoms with Gasteiger partial charge in [0.25, 0.3) is 0 Å². The van der Waals surface area contributed by atoms with Gasteiger partial charge in [-0.2, -0.15) is 4.31 Å². The number of hydrogen-bond acceptors (Lipinski definition) is 3. The topological polar surface area (TPSA) is 46.6 Å². The Morgan fingerprint density at radius 1 is 1.35 bits per heavy atom. The van der Waals surface area contributed by atoms with E-state index in [1.165, 1.54) is 4.31 Å². The van der Waals surface area contributed by atoms with E-state index in [2.05, 4.69) is 0 Å². The number of aryl methyl sites for hydroxylation is 1. The summed E-state index contributed by atoms with van der Waals surface area (Å²) in [6, 6.07) is 9.65. The monoisotopic (exact) mass is 255 g/mol. The van der Waals surface area contributed by atoms with Gasteiger partial charge in [0.15, 0.2) is 0 Å². The van der Waals surface area contributed by atoms with E-state index in [-0.39, 0.29) is 12.0 Å². The highest BCUT2D eigenvalue weighted by Gasteiger charge is 2.31. The standard InChI is InChI=1S/C12H17NO3S/c1-11-13(8-9-16-11)17(14,15)10-7-12-5-3-2-4-6-12/h2-6,11H,7-10H2,1H3. The first-order chi connectivity index (χ1) is 8.09. The molecule has 5 heteroatoms. The fourth-order valence-electron chi connectivity index (χ4n) is 1.95. The van der Waals surface area contributed by atoms with Gasteiger partial charge in [0.1, 0.15) is 6.23 Å². The summed E-state index contributed by atoms with van der Waals surface area (Å²) in [6.45, 7) is 2.73. The second-order valence-corrected chi connectivity index (χ2v) is 6.17. The van der Waals surface area contributed by atoms with E-state index in [1.807, 2.05) is 30.3 Å². The molecule has 1 atom stereocenters. The molecule has 1 heterocycles. The first kappa shape index (κ1) is 12.5. The third-order valence-electron chi connectivity index (χ3n) is 2.93. The lowest BCUT2D eigenvalue weighted by Crippen LogP contribution is -2.36. The van der Waals surface area contributed by atoms with Crippen molar-refractivity contribution in [1.29, 1.82) is 0 Å². The molecule has 0 aromatic heterocycles. The van der Waals surface area contributed by atoms with Crippen molar-refractivity contribution in [3.8, 4) is 0 Å². The van der Waals surface area contributed by atoms with Gasteiger partial charge in [-0.3, -0.25) is 0 Å². The van der Waals surface area contributed by atoms with Gasteiger partial charge >= 0.3 is 0 Å². The number of hydrogen-bond donors (Lipinski definition) is 0. The van der Waals surface area contributed by atoms with Crippen molar-refractivity contribution in [2.75, 3.05) is 18.9 Å². The molecule has 0 spiro atoms. The molecule has 94 valence electrons. The van der Waals surface area contributed by atoms with Crippen LogP contribution < -0.4 is 0 Å². The van der Waals surface area contributed by atoms with Crippen LogP contribution in [0.1, 0.15) is 12.5 Å². The molecule has 4 nitrogen and oxygen atoms in total. The maximum Gasteiger partial charge on any atom is 0.216 e. The molecule has 0 bridgehead atoms. The zero-order valence-electron chi connectivity index (χ0n) is 9.87. The van der Waals surface area contributed by atoms with Crippen molar-refractivity contribution < 1.29 is 13.2 Å². The summed E-state index contributed by atoms with van der Waals surface area (Å²) in [6.07, 6.45) is 0.225. The SMILES string of the molecule is CC1OCCN1S(=O)(=O)CCc1ccccc1. The van der Waals surface area contributed by atoms with Crippen LogP contribution in [0.3, 0.4) is 0 Å². The number of ether oxygens (including phenoxy) is 1. The predicted octanol–water partition coefficient (Wildman–Crippen LogP) is 1.24. The summed E-state index contributed by atoms with van der Waals surface area (Å²) in [4.78, 5) is 0. The summed E-state index contributed by atoms with van der Waals surface area (Å²) in [5.74, 6) is 0.144. The minimum Gasteiger partial charge on any atom is -0.361 e. The molecule has 1 aliphatic rings. The summed E-state index contributed by atoms with van der Waals surface area (Å²) < 4.78 is 30.8. The Morgan fingerprint density at radius 3 is 2.65 bits per heavy atom. The summed E-state index contributed by atoms with van der Waals surface area (Å²) in [5.41, 5.74) is 1.05. The zero-order valence-corrected chi connectivity index (χ0v) is 10.7. The van der Waals surface area contributed by atoms with Crippen molar-refractivity contribution in [2.24, 2.45) is 0 Å². The van der Waals surface area contributed by atoms with Crippen molar-refractivity contribution in [1.82, 2.24) is 4.31 Å². The third-order valence-corrected chi connectivity index (χ3v) is 4.84. The second kappa shape index (κ2) is 5.16. The molecule has 1 aliphatic heterocycles. The number of benzene rings is 1. The fourth-order valence-corrected chi connectivity index (χ4v) is 3.55. The first-order valence-electron chi connectivity index (χ1n) is 5.74. The molecule has 0 radical (unpaired) electrons. The average Bonchev–Trinajstić information content (AvgIpc) is 2.75. The third kappa shape index (κ3) is 3.06. The second-order valence-electron chi connectivity index (χ2n) is 4.13. The molecule has 17 heavy (non-hydrogen) atoms. The van der Waals surface area contributed by atoms with Gasteiger partial charge in [0, 0.05) is 6.54 Å². The molecule has 2 rings (SSSR count). The van der Waals surface area contributed by atoms with Crippen molar-refractivity contribution in [3.05, 3.63) is 35.9 Å². The van der Waals surface area contributed by atoms with Crippen LogP contribution >= 0.6 is 0 Å². The van der Waals surface area contributed by atoms with Crippen molar-refractivity contribution in [3.63, 3.8) is 0 Å². The highest BCUT2D eigenvalue weighted by molar-refractivity contribution is 7.89. The van der Waals surface area contributed by atoms with E-state index in [4.69, 9.17) is 4.74 Å². The van der Waals surface area contributed by atoms with Crippen molar-refractivity contribution in [2.45, 2.75) is 19.6 Å². The molecular formula is C12H17NO3S. The molecule has 1 unspecified atom stereocenters. The molecule has 1 aromatic rings. The Bertz CT molecular complexity index is 458. The van der Waals surface area contributed by atoms with Crippen LogP contribution in [0.4, 0.5) is 0 Å². The van der Waals surface area contributed by atoms with Gasteiger partial charge < -0.3 is 4.74 Å². The Balaban J connectivity index is 1.98. The maximum atomic E-state index is 12.1. The van der Waals surface area contributed by atoms with Crippen LogP contribution in [0.25, 0.3) is 0 Å². The lowest BCUT2D eigenvalue weighted by atomic mass is 10.2. The van der Waals surface area contributed by atoms with Crippen LogP contribution in [0, 0.1) is 0 Å². The largest absolute Gasteiger partial charge is 0.361 e. The summed E-state index contributed by atoms with van der Waals surface area (Å²) in [7, 11) is -3.20. The lowest BCUT2D eigenvalue weighted by molar-refractivity contribution is 0.0847. The van der Waals surface area contributed by atoms with Crippen LogP contribution in [0.5, 0.6) is 0 Å². The quantitative estimate of drug-likeness (QED) is 0.813. The van der Waals surface area contributed by atoms with Gasteiger partial charge in [-0.05, 0) is 18.9 Å². The molecule has 1 saturated heterocycles. The first-order valence-corrected chi connectivity index (χ1v) is 7.35. The maximum absolute atomic E-state index is 12.1. The Morgan fingerprint density at radius 2 is 2.06 bits per heavy atom.